The van der Waals surface area contributed by atoms with Gasteiger partial charge in [0, 0.05) is 12.5 Å². The molecule has 112 valence electrons. The van der Waals surface area contributed by atoms with Crippen molar-refractivity contribution in [1.82, 2.24) is 5.32 Å². The quantitative estimate of drug-likeness (QED) is 0.802. The highest BCUT2D eigenvalue weighted by Gasteiger charge is 2.50. The summed E-state index contributed by atoms with van der Waals surface area (Å²) < 4.78 is 5.12. The van der Waals surface area contributed by atoms with E-state index in [9.17, 15) is 9.59 Å². The second kappa shape index (κ2) is 5.76. The molecule has 0 radical (unpaired) electrons. The molecule has 0 spiro atoms. The van der Waals surface area contributed by atoms with Crippen LogP contribution in [0.15, 0.2) is 24.3 Å². The molecule has 1 aromatic carbocycles. The van der Waals surface area contributed by atoms with Crippen LogP contribution in [0.2, 0.25) is 0 Å². The Hall–Kier alpha value is -2.04. The molecule has 0 unspecified atom stereocenters. The lowest BCUT2D eigenvalue weighted by molar-refractivity contribution is -0.139. The molecule has 2 saturated carbocycles. The van der Waals surface area contributed by atoms with E-state index in [1.807, 2.05) is 6.07 Å². The maximum absolute atomic E-state index is 12.0. The van der Waals surface area contributed by atoms with Crippen LogP contribution in [0.5, 0.6) is 5.75 Å². The van der Waals surface area contributed by atoms with Gasteiger partial charge in [0.05, 0.1) is 0 Å². The minimum atomic E-state index is -1.01. The Balaban J connectivity index is 1.47. The summed E-state index contributed by atoms with van der Waals surface area (Å²) in [6.45, 7) is 0.0952. The van der Waals surface area contributed by atoms with E-state index >= 15 is 0 Å². The average Bonchev–Trinajstić information content (AvgIpc) is 3.34. The molecule has 21 heavy (non-hydrogen) atoms. The van der Waals surface area contributed by atoms with E-state index in [1.54, 1.807) is 18.2 Å². The van der Waals surface area contributed by atoms with Gasteiger partial charge in [-0.1, -0.05) is 12.1 Å². The van der Waals surface area contributed by atoms with Gasteiger partial charge in [0.2, 0.25) is 5.91 Å². The van der Waals surface area contributed by atoms with Crippen molar-refractivity contribution in [3.8, 4) is 5.75 Å². The molecule has 2 fully saturated rings. The lowest BCUT2D eigenvalue weighted by Crippen LogP contribution is -2.25. The van der Waals surface area contributed by atoms with E-state index in [0.717, 1.165) is 17.9 Å². The van der Waals surface area contributed by atoms with Crippen molar-refractivity contribution in [3.05, 3.63) is 29.8 Å². The topological polar surface area (TPSA) is 75.6 Å². The molecule has 5 heteroatoms. The number of carboxylic acids is 1. The smallest absolute Gasteiger partial charge is 0.341 e. The number of nitrogens with one attached hydrogen (secondary N) is 1. The van der Waals surface area contributed by atoms with Gasteiger partial charge in [0.15, 0.2) is 6.61 Å². The third-order valence-electron chi connectivity index (χ3n) is 4.13. The molecule has 2 aliphatic rings. The first-order chi connectivity index (χ1) is 10.1. The fourth-order valence-corrected chi connectivity index (χ4v) is 2.77. The lowest BCUT2D eigenvalue weighted by Gasteiger charge is -2.08. The molecule has 0 heterocycles. The van der Waals surface area contributed by atoms with Crippen molar-refractivity contribution in [2.24, 2.45) is 17.8 Å². The number of hydrogen-bond acceptors (Lipinski definition) is 3. The standard InChI is InChI=1S/C16H19NO4/c18-15(19)9-21-12-3-1-2-10(6-12)8-17-16(20)14-7-13(14)11-4-5-11/h1-3,6,11,13-14H,4-5,7-9H2,(H,17,20)(H,18,19)/t13-,14+/m1/s1. The molecule has 5 nitrogen and oxygen atoms in total. The molecule has 2 N–H and O–H groups in total. The fraction of sp³-hybridized carbons (Fsp3) is 0.500. The Bertz CT molecular complexity index is 553. The number of carboxylic acid groups (broad SMARTS) is 1. The van der Waals surface area contributed by atoms with E-state index in [-0.39, 0.29) is 18.4 Å². The number of carbonyl (C=O) groups excluding carboxylic acids is 1. The van der Waals surface area contributed by atoms with Gasteiger partial charge >= 0.3 is 5.97 Å². The second-order valence-electron chi connectivity index (χ2n) is 5.89. The van der Waals surface area contributed by atoms with Crippen molar-refractivity contribution >= 4 is 11.9 Å². The van der Waals surface area contributed by atoms with Crippen LogP contribution in [-0.4, -0.2) is 23.6 Å². The van der Waals surface area contributed by atoms with E-state index in [1.165, 1.54) is 12.8 Å². The maximum Gasteiger partial charge on any atom is 0.341 e. The van der Waals surface area contributed by atoms with Crippen LogP contribution in [0.25, 0.3) is 0 Å². The Kier molecular flexibility index (Phi) is 3.82. The van der Waals surface area contributed by atoms with Gasteiger partial charge in [-0.25, -0.2) is 4.79 Å². The number of carbonyl (C=O) groups is 2. The molecule has 0 saturated heterocycles. The average molecular weight is 289 g/mol. The van der Waals surface area contributed by atoms with Crippen molar-refractivity contribution in [1.29, 1.82) is 0 Å². The Labute approximate surface area is 123 Å². The zero-order valence-corrected chi connectivity index (χ0v) is 11.7. The summed E-state index contributed by atoms with van der Waals surface area (Å²) in [5, 5.41) is 11.5. The summed E-state index contributed by atoms with van der Waals surface area (Å²) in [5.74, 6) is 1.27. The van der Waals surface area contributed by atoms with Gasteiger partial charge in [-0.05, 0) is 48.8 Å². The Morgan fingerprint density at radius 2 is 2.14 bits per heavy atom. The van der Waals surface area contributed by atoms with Crippen LogP contribution in [0.3, 0.4) is 0 Å². The molecule has 2 atom stereocenters. The first-order valence-corrected chi connectivity index (χ1v) is 7.35. The highest BCUT2D eigenvalue weighted by atomic mass is 16.5. The molecule has 1 amide bonds. The fourth-order valence-electron chi connectivity index (χ4n) is 2.77. The summed E-state index contributed by atoms with van der Waals surface area (Å²) in [7, 11) is 0. The van der Waals surface area contributed by atoms with E-state index in [4.69, 9.17) is 9.84 Å². The number of rotatable bonds is 7. The maximum atomic E-state index is 12.0. The largest absolute Gasteiger partial charge is 0.482 e. The lowest BCUT2D eigenvalue weighted by atomic mass is 10.2. The minimum absolute atomic E-state index is 0.142. The SMILES string of the molecule is O=C(O)COc1cccc(CNC(=O)[C@H]2C[C@@H]2C2CC2)c1. The van der Waals surface area contributed by atoms with E-state index in [0.29, 0.717) is 18.2 Å². The molecule has 1 aromatic rings. The molecule has 0 aromatic heterocycles. The van der Waals surface area contributed by atoms with Gasteiger partial charge in [-0.2, -0.15) is 0 Å². The van der Waals surface area contributed by atoms with Gasteiger partial charge in [-0.3, -0.25) is 4.79 Å². The van der Waals surface area contributed by atoms with Crippen molar-refractivity contribution in [2.45, 2.75) is 25.8 Å². The zero-order chi connectivity index (χ0) is 14.8. The number of benzene rings is 1. The minimum Gasteiger partial charge on any atom is -0.482 e. The van der Waals surface area contributed by atoms with Crippen molar-refractivity contribution in [2.75, 3.05) is 6.61 Å². The summed E-state index contributed by atoms with van der Waals surface area (Å²) in [6.07, 6.45) is 3.62. The Morgan fingerprint density at radius 1 is 1.33 bits per heavy atom. The normalized spacial score (nSPS) is 23.4. The summed E-state index contributed by atoms with van der Waals surface area (Å²) in [6, 6.07) is 7.15. The molecular formula is C16H19NO4. The van der Waals surface area contributed by atoms with Crippen molar-refractivity contribution < 1.29 is 19.4 Å². The van der Waals surface area contributed by atoms with Crippen LogP contribution in [0, 0.1) is 17.8 Å². The van der Waals surface area contributed by atoms with Crippen LogP contribution >= 0.6 is 0 Å². The first kappa shape index (κ1) is 13.9. The molecule has 0 aliphatic heterocycles. The molecule has 2 aliphatic carbocycles. The van der Waals surface area contributed by atoms with E-state index in [2.05, 4.69) is 5.32 Å². The van der Waals surface area contributed by atoms with Crippen LogP contribution in [-0.2, 0) is 16.1 Å². The van der Waals surface area contributed by atoms with Gasteiger partial charge in [0.25, 0.3) is 0 Å². The van der Waals surface area contributed by atoms with E-state index < -0.39 is 5.97 Å². The predicted molar refractivity (Wildman–Crippen MR) is 75.7 cm³/mol. The van der Waals surface area contributed by atoms with Crippen LogP contribution in [0.1, 0.15) is 24.8 Å². The molecular weight excluding hydrogens is 270 g/mol. The third kappa shape index (κ3) is 3.74. The summed E-state index contributed by atoms with van der Waals surface area (Å²) in [4.78, 5) is 22.5. The third-order valence-corrected chi connectivity index (χ3v) is 4.13. The van der Waals surface area contributed by atoms with Gasteiger partial charge < -0.3 is 15.2 Å². The van der Waals surface area contributed by atoms with Gasteiger partial charge in [0.1, 0.15) is 5.75 Å². The number of amides is 1. The number of hydrogen-bond donors (Lipinski definition) is 2. The predicted octanol–water partition coefficient (Wildman–Crippen LogP) is 1.81. The second-order valence-corrected chi connectivity index (χ2v) is 5.89. The highest BCUT2D eigenvalue weighted by molar-refractivity contribution is 5.81. The van der Waals surface area contributed by atoms with Crippen LogP contribution < -0.4 is 10.1 Å². The Morgan fingerprint density at radius 3 is 2.86 bits per heavy atom. The first-order valence-electron chi connectivity index (χ1n) is 7.35. The van der Waals surface area contributed by atoms with Crippen LogP contribution in [0.4, 0.5) is 0 Å². The number of ether oxygens (including phenoxy) is 1. The summed E-state index contributed by atoms with van der Waals surface area (Å²) in [5.41, 5.74) is 0.912. The highest BCUT2D eigenvalue weighted by Crippen LogP contribution is 2.54. The molecule has 3 rings (SSSR count). The van der Waals surface area contributed by atoms with Crippen molar-refractivity contribution in [3.63, 3.8) is 0 Å². The number of aliphatic carboxylic acids is 1. The molecule has 0 bridgehead atoms. The summed E-state index contributed by atoms with van der Waals surface area (Å²) >= 11 is 0. The zero-order valence-electron chi connectivity index (χ0n) is 11.7. The van der Waals surface area contributed by atoms with Gasteiger partial charge in [-0.15, -0.1) is 0 Å². The monoisotopic (exact) mass is 289 g/mol.